The van der Waals surface area contributed by atoms with E-state index in [0.717, 1.165) is 45.6 Å². The first-order valence-corrected chi connectivity index (χ1v) is 12.7. The van der Waals surface area contributed by atoms with Crippen molar-refractivity contribution in [1.82, 2.24) is 19.9 Å². The Bertz CT molecular complexity index is 1530. The molecule has 190 valence electrons. The SMILES string of the molecule is C=C(NCC1CCCCC1)c1ccc(C)c(-c2nc(C)nc3c2ccc(=O)n3-c2c(F)cccc2F)c1. The minimum atomic E-state index is -0.842. The molecule has 7 heteroatoms. The van der Waals surface area contributed by atoms with Crippen molar-refractivity contribution in [2.75, 3.05) is 6.54 Å². The summed E-state index contributed by atoms with van der Waals surface area (Å²) in [4.78, 5) is 22.0. The van der Waals surface area contributed by atoms with E-state index in [2.05, 4.69) is 16.9 Å². The number of benzene rings is 2. The largest absolute Gasteiger partial charge is 0.385 e. The van der Waals surface area contributed by atoms with Gasteiger partial charge in [0.05, 0.1) is 5.69 Å². The van der Waals surface area contributed by atoms with Crippen LogP contribution in [0.15, 0.2) is 59.9 Å². The van der Waals surface area contributed by atoms with Gasteiger partial charge in [0.2, 0.25) is 0 Å². The Kier molecular flexibility index (Phi) is 6.87. The summed E-state index contributed by atoms with van der Waals surface area (Å²) in [5, 5.41) is 4.03. The van der Waals surface area contributed by atoms with Gasteiger partial charge in [0, 0.05) is 29.3 Å². The lowest BCUT2D eigenvalue weighted by Crippen LogP contribution is -2.23. The highest BCUT2D eigenvalue weighted by molar-refractivity contribution is 5.92. The predicted octanol–water partition coefficient (Wildman–Crippen LogP) is 6.48. The number of rotatable bonds is 6. The summed E-state index contributed by atoms with van der Waals surface area (Å²) in [5.41, 5.74) is 3.30. The quantitative estimate of drug-likeness (QED) is 0.329. The maximum Gasteiger partial charge on any atom is 0.256 e. The van der Waals surface area contributed by atoms with Gasteiger partial charge in [0.1, 0.15) is 23.1 Å². The highest BCUT2D eigenvalue weighted by Gasteiger charge is 2.20. The Balaban J connectivity index is 1.60. The van der Waals surface area contributed by atoms with Crippen molar-refractivity contribution in [3.8, 4) is 16.9 Å². The van der Waals surface area contributed by atoms with Gasteiger partial charge in [0.15, 0.2) is 5.65 Å². The topological polar surface area (TPSA) is 59.8 Å². The molecule has 2 aromatic carbocycles. The molecule has 1 saturated carbocycles. The van der Waals surface area contributed by atoms with E-state index >= 15 is 0 Å². The second-order valence-corrected chi connectivity index (χ2v) is 9.83. The maximum atomic E-state index is 14.7. The van der Waals surface area contributed by atoms with E-state index < -0.39 is 22.9 Å². The maximum absolute atomic E-state index is 14.7. The lowest BCUT2D eigenvalue weighted by atomic mass is 9.89. The van der Waals surface area contributed by atoms with Crippen molar-refractivity contribution in [2.24, 2.45) is 5.92 Å². The molecular weight excluding hydrogens is 470 g/mol. The van der Waals surface area contributed by atoms with Gasteiger partial charge >= 0.3 is 0 Å². The van der Waals surface area contributed by atoms with Crippen LogP contribution in [0.1, 0.15) is 49.1 Å². The monoisotopic (exact) mass is 500 g/mol. The van der Waals surface area contributed by atoms with Crippen LogP contribution in [0.5, 0.6) is 0 Å². The van der Waals surface area contributed by atoms with Crippen molar-refractivity contribution < 1.29 is 8.78 Å². The van der Waals surface area contributed by atoms with Gasteiger partial charge in [-0.1, -0.05) is 44.0 Å². The summed E-state index contributed by atoms with van der Waals surface area (Å²) in [6.07, 6.45) is 6.39. The van der Waals surface area contributed by atoms with E-state index in [1.165, 1.54) is 44.2 Å². The van der Waals surface area contributed by atoms with E-state index in [1.807, 2.05) is 25.1 Å². The zero-order chi connectivity index (χ0) is 26.1. The number of para-hydroxylation sites is 1. The van der Waals surface area contributed by atoms with Gasteiger partial charge in [-0.25, -0.2) is 18.7 Å². The minimum Gasteiger partial charge on any atom is -0.385 e. The lowest BCUT2D eigenvalue weighted by Gasteiger charge is -2.23. The van der Waals surface area contributed by atoms with E-state index in [0.29, 0.717) is 22.8 Å². The molecule has 0 radical (unpaired) electrons. The zero-order valence-corrected chi connectivity index (χ0v) is 21.2. The fraction of sp³-hybridized carbons (Fsp3) is 0.300. The lowest BCUT2D eigenvalue weighted by molar-refractivity contribution is 0.355. The molecule has 0 spiro atoms. The predicted molar refractivity (Wildman–Crippen MR) is 144 cm³/mol. The average molecular weight is 501 g/mol. The summed E-state index contributed by atoms with van der Waals surface area (Å²) in [7, 11) is 0. The average Bonchev–Trinajstić information content (AvgIpc) is 2.89. The summed E-state index contributed by atoms with van der Waals surface area (Å²) < 4.78 is 30.4. The van der Waals surface area contributed by atoms with Gasteiger partial charge in [-0.2, -0.15) is 0 Å². The van der Waals surface area contributed by atoms with Crippen molar-refractivity contribution >= 4 is 16.7 Å². The van der Waals surface area contributed by atoms with Crippen LogP contribution in [0.4, 0.5) is 8.78 Å². The first kappa shape index (κ1) is 24.8. The van der Waals surface area contributed by atoms with Crippen LogP contribution in [0.2, 0.25) is 0 Å². The Morgan fingerprint density at radius 1 is 1.03 bits per heavy atom. The second kappa shape index (κ2) is 10.2. The molecule has 4 aromatic rings. The summed E-state index contributed by atoms with van der Waals surface area (Å²) in [6, 6.07) is 12.5. The van der Waals surface area contributed by atoms with Crippen molar-refractivity contribution in [3.63, 3.8) is 0 Å². The molecule has 1 aliphatic carbocycles. The molecule has 2 heterocycles. The number of pyridine rings is 1. The van der Waals surface area contributed by atoms with Gasteiger partial charge in [-0.05, 0) is 68.0 Å². The van der Waals surface area contributed by atoms with Crippen molar-refractivity contribution in [2.45, 2.75) is 46.0 Å². The molecule has 0 aliphatic heterocycles. The van der Waals surface area contributed by atoms with Crippen LogP contribution in [0.25, 0.3) is 33.7 Å². The van der Waals surface area contributed by atoms with Crippen LogP contribution in [-0.2, 0) is 0 Å². The van der Waals surface area contributed by atoms with Gasteiger partial charge in [-0.3, -0.25) is 9.36 Å². The molecule has 0 amide bonds. The summed E-state index contributed by atoms with van der Waals surface area (Å²) in [6.45, 7) is 8.85. The fourth-order valence-electron chi connectivity index (χ4n) is 5.17. The van der Waals surface area contributed by atoms with Crippen LogP contribution >= 0.6 is 0 Å². The Morgan fingerprint density at radius 2 is 1.76 bits per heavy atom. The Labute approximate surface area is 214 Å². The van der Waals surface area contributed by atoms with Gasteiger partial charge in [0.25, 0.3) is 5.56 Å². The number of halogens is 2. The van der Waals surface area contributed by atoms with Gasteiger partial charge in [-0.15, -0.1) is 0 Å². The number of nitrogens with zero attached hydrogens (tertiary/aromatic N) is 3. The molecular formula is C30H30F2N4O. The minimum absolute atomic E-state index is 0.151. The number of nitrogens with one attached hydrogen (secondary N) is 1. The van der Waals surface area contributed by atoms with Crippen LogP contribution in [0.3, 0.4) is 0 Å². The molecule has 1 aliphatic rings. The molecule has 2 aromatic heterocycles. The van der Waals surface area contributed by atoms with E-state index in [9.17, 15) is 13.6 Å². The second-order valence-electron chi connectivity index (χ2n) is 9.83. The molecule has 1 fully saturated rings. The Hall–Kier alpha value is -3.87. The number of hydrogen-bond acceptors (Lipinski definition) is 4. The van der Waals surface area contributed by atoms with Crippen LogP contribution < -0.4 is 10.9 Å². The van der Waals surface area contributed by atoms with Gasteiger partial charge < -0.3 is 5.32 Å². The third-order valence-corrected chi connectivity index (χ3v) is 7.19. The third-order valence-electron chi connectivity index (χ3n) is 7.19. The highest BCUT2D eigenvalue weighted by Crippen LogP contribution is 2.32. The fourth-order valence-corrected chi connectivity index (χ4v) is 5.17. The first-order valence-electron chi connectivity index (χ1n) is 12.7. The van der Waals surface area contributed by atoms with E-state index in [4.69, 9.17) is 4.98 Å². The van der Waals surface area contributed by atoms with E-state index in [-0.39, 0.29) is 5.65 Å². The number of fused-ring (bicyclic) bond motifs is 1. The number of aromatic nitrogens is 3. The molecule has 1 N–H and O–H groups in total. The van der Waals surface area contributed by atoms with Crippen molar-refractivity contribution in [3.05, 3.63) is 94.0 Å². The highest BCUT2D eigenvalue weighted by atomic mass is 19.1. The molecule has 0 bridgehead atoms. The molecule has 0 atom stereocenters. The first-order chi connectivity index (χ1) is 17.8. The molecule has 37 heavy (non-hydrogen) atoms. The number of hydrogen-bond donors (Lipinski definition) is 1. The standard InChI is InChI=1S/C30H30F2N4O/c1-18-12-13-22(19(2)33-17-21-8-5-4-6-9-21)16-24(18)28-23-14-15-27(37)36(30(23)35-20(3)34-28)29-25(31)10-7-11-26(29)32/h7,10-16,21,33H,2,4-6,8-9,17H2,1,3H3. The molecule has 5 rings (SSSR count). The van der Waals surface area contributed by atoms with Crippen molar-refractivity contribution in [1.29, 1.82) is 0 Å². The van der Waals surface area contributed by atoms with E-state index in [1.54, 1.807) is 13.0 Å². The molecule has 5 nitrogen and oxygen atoms in total. The summed E-state index contributed by atoms with van der Waals surface area (Å²) in [5.74, 6) is -0.631. The van der Waals surface area contributed by atoms with Crippen LogP contribution in [0, 0.1) is 31.4 Å². The smallest absolute Gasteiger partial charge is 0.256 e. The molecule has 0 unspecified atom stereocenters. The Morgan fingerprint density at radius 3 is 2.49 bits per heavy atom. The normalized spacial score (nSPS) is 14.2. The number of aryl methyl sites for hydroxylation is 2. The van der Waals surface area contributed by atoms with Crippen LogP contribution in [-0.4, -0.2) is 21.1 Å². The zero-order valence-electron chi connectivity index (χ0n) is 21.2. The summed E-state index contributed by atoms with van der Waals surface area (Å²) >= 11 is 0. The third kappa shape index (κ3) is 4.90. The molecule has 0 saturated heterocycles.